The molecule has 0 spiro atoms. The Bertz CT molecular complexity index is 244. The molecule has 0 fully saturated rings. The van der Waals surface area contributed by atoms with Crippen LogP contribution in [0.2, 0.25) is 0 Å². The van der Waals surface area contributed by atoms with Crippen LogP contribution in [0.15, 0.2) is 24.3 Å². The van der Waals surface area contributed by atoms with Crippen molar-refractivity contribution >= 4 is 8.76 Å². The predicted octanol–water partition coefficient (Wildman–Crippen LogP) is 0.767. The number of hydrogen-bond acceptors (Lipinski definition) is 2. The molecule has 0 amide bonds. The Labute approximate surface area is 74.2 Å². The van der Waals surface area contributed by atoms with E-state index < -0.39 is 0 Å². The van der Waals surface area contributed by atoms with Crippen molar-refractivity contribution in [2.24, 2.45) is 0 Å². The number of benzene rings is 1. The van der Waals surface area contributed by atoms with Crippen molar-refractivity contribution in [3.63, 3.8) is 0 Å². The van der Waals surface area contributed by atoms with Crippen molar-refractivity contribution in [3.8, 4) is 0 Å². The summed E-state index contributed by atoms with van der Waals surface area (Å²) in [5, 5.41) is 10.1. The second-order valence-corrected chi connectivity index (χ2v) is 5.10. The van der Waals surface area contributed by atoms with Crippen LogP contribution in [0.3, 0.4) is 0 Å². The molecule has 0 aliphatic carbocycles. The third-order valence-corrected chi connectivity index (χ3v) is 2.98. The summed E-state index contributed by atoms with van der Waals surface area (Å²) in [4.78, 5) is 9.75. The molecule has 0 unspecified atom stereocenters. The standard InChI is InChI=1S/C6H4NO2.Hg/c8-7(9)6-4-2-1-3-5-6;/h2-5H;. The van der Waals surface area contributed by atoms with Gasteiger partial charge in [-0.3, -0.25) is 0 Å². The second kappa shape index (κ2) is 3.10. The van der Waals surface area contributed by atoms with Gasteiger partial charge >= 0.3 is 74.2 Å². The predicted molar refractivity (Wildman–Crippen MR) is 32.7 cm³/mol. The average molecular weight is 323 g/mol. The zero-order valence-corrected chi connectivity index (χ0v) is 10.8. The normalized spacial score (nSPS) is 9.40. The Morgan fingerprint density at radius 2 is 1.80 bits per heavy atom. The molecule has 10 heavy (non-hydrogen) atoms. The van der Waals surface area contributed by atoms with Gasteiger partial charge in [0.1, 0.15) is 0 Å². The van der Waals surface area contributed by atoms with Gasteiger partial charge in [-0.2, -0.15) is 0 Å². The molecule has 0 aliphatic heterocycles. The van der Waals surface area contributed by atoms with Crippen LogP contribution in [-0.4, -0.2) is 4.92 Å². The van der Waals surface area contributed by atoms with Crippen molar-refractivity contribution in [1.29, 1.82) is 0 Å². The molecule has 0 heterocycles. The minimum atomic E-state index is -0.382. The summed E-state index contributed by atoms with van der Waals surface area (Å²) < 4.78 is 1.23. The molecule has 4 heteroatoms. The molecule has 0 saturated heterocycles. The first-order valence-electron chi connectivity index (χ1n) is 2.76. The molecule has 3 nitrogen and oxygen atoms in total. The van der Waals surface area contributed by atoms with Crippen LogP contribution in [0.1, 0.15) is 0 Å². The Morgan fingerprint density at radius 3 is 2.20 bits per heavy atom. The van der Waals surface area contributed by atoms with E-state index in [4.69, 9.17) is 0 Å². The van der Waals surface area contributed by atoms with Gasteiger partial charge in [-0.1, -0.05) is 0 Å². The van der Waals surface area contributed by atoms with Crippen molar-refractivity contribution in [2.45, 2.75) is 0 Å². The zero-order chi connectivity index (χ0) is 7.56. The summed E-state index contributed by atoms with van der Waals surface area (Å²) >= 11 is 0.566. The molecule has 0 aromatic heterocycles. The number of nitro benzene ring substituents is 1. The molecule has 1 aromatic carbocycles. The van der Waals surface area contributed by atoms with Gasteiger partial charge in [0.05, 0.1) is 0 Å². The van der Waals surface area contributed by atoms with E-state index in [1.54, 1.807) is 24.3 Å². The number of non-ortho nitro benzene ring substituents is 1. The maximum absolute atomic E-state index is 10.1. The summed E-state index contributed by atoms with van der Waals surface area (Å²) in [6.45, 7) is 0. The Morgan fingerprint density at radius 1 is 1.30 bits per heavy atom. The van der Waals surface area contributed by atoms with Gasteiger partial charge in [0.2, 0.25) is 0 Å². The third-order valence-electron chi connectivity index (χ3n) is 1.15. The fourth-order valence-corrected chi connectivity index (χ4v) is 1.53. The first-order valence-corrected chi connectivity index (χ1v) is 5.51. The molecular weight excluding hydrogens is 319 g/mol. The van der Waals surface area contributed by atoms with Crippen LogP contribution in [0.5, 0.6) is 0 Å². The molecular formula is C6H4HgNO2. The van der Waals surface area contributed by atoms with E-state index in [0.29, 0.717) is 26.1 Å². The molecule has 0 bridgehead atoms. The van der Waals surface area contributed by atoms with E-state index in [0.717, 1.165) is 0 Å². The van der Waals surface area contributed by atoms with E-state index in [1.807, 2.05) is 0 Å². The molecule has 0 aliphatic rings. The summed E-state index contributed by atoms with van der Waals surface area (Å²) in [5.74, 6) is 0. The maximum atomic E-state index is 10.1. The van der Waals surface area contributed by atoms with Crippen molar-refractivity contribution in [2.75, 3.05) is 0 Å². The topological polar surface area (TPSA) is 43.1 Å². The molecule has 0 N–H and O–H groups in total. The number of nitro groups is 1. The van der Waals surface area contributed by atoms with Crippen molar-refractivity contribution in [3.05, 3.63) is 34.4 Å². The molecule has 0 saturated carbocycles. The van der Waals surface area contributed by atoms with Gasteiger partial charge < -0.3 is 0 Å². The van der Waals surface area contributed by atoms with E-state index in [9.17, 15) is 10.1 Å². The van der Waals surface area contributed by atoms with Gasteiger partial charge in [-0.25, -0.2) is 0 Å². The molecule has 0 radical (unpaired) electrons. The van der Waals surface area contributed by atoms with Gasteiger partial charge in [-0.15, -0.1) is 0 Å². The fraction of sp³-hybridized carbons (Fsp3) is 0. The molecule has 1 aromatic rings. The van der Waals surface area contributed by atoms with E-state index >= 15 is 0 Å². The van der Waals surface area contributed by atoms with Crippen molar-refractivity contribution in [1.82, 2.24) is 0 Å². The Kier molecular flexibility index (Phi) is 2.37. The first kappa shape index (κ1) is 7.66. The zero-order valence-electron chi connectivity index (χ0n) is 5.28. The summed E-state index contributed by atoms with van der Waals surface area (Å²) in [7, 11) is 0. The summed E-state index contributed by atoms with van der Waals surface area (Å²) in [6.07, 6.45) is 0. The van der Waals surface area contributed by atoms with Crippen LogP contribution < -0.4 is 3.07 Å². The van der Waals surface area contributed by atoms with E-state index in [-0.39, 0.29) is 10.6 Å². The minimum absolute atomic E-state index is 0.175. The number of nitrogens with zero attached hydrogens (tertiary/aromatic N) is 1. The van der Waals surface area contributed by atoms with Crippen LogP contribution in [0.4, 0.5) is 5.69 Å². The average Bonchev–Trinajstić information content (AvgIpc) is 1.88. The van der Waals surface area contributed by atoms with Crippen LogP contribution in [0, 0.1) is 10.1 Å². The van der Waals surface area contributed by atoms with Gasteiger partial charge in [0.15, 0.2) is 0 Å². The van der Waals surface area contributed by atoms with Crippen LogP contribution >= 0.6 is 0 Å². The van der Waals surface area contributed by atoms with Gasteiger partial charge in [0, 0.05) is 0 Å². The third kappa shape index (κ3) is 1.77. The summed E-state index contributed by atoms with van der Waals surface area (Å²) in [6, 6.07) is 6.70. The molecule has 47 valence electrons. The monoisotopic (exact) mass is 324 g/mol. The van der Waals surface area contributed by atoms with Crippen LogP contribution in [0.25, 0.3) is 0 Å². The van der Waals surface area contributed by atoms with E-state index in [2.05, 4.69) is 0 Å². The number of rotatable bonds is 1. The Balaban J connectivity index is 3.00. The van der Waals surface area contributed by atoms with Crippen molar-refractivity contribution < 1.29 is 31.0 Å². The summed E-state index contributed by atoms with van der Waals surface area (Å²) in [5.41, 5.74) is 0.175. The quantitative estimate of drug-likeness (QED) is 0.435. The van der Waals surface area contributed by atoms with E-state index in [1.165, 1.54) is 3.07 Å². The first-order chi connectivity index (χ1) is 4.70. The SMILES string of the molecule is O=[N+]([O-])c1cc[c]([Hg])cc1. The second-order valence-electron chi connectivity index (χ2n) is 1.92. The Hall–Kier alpha value is -0.445. The molecule has 0 atom stereocenters. The van der Waals surface area contributed by atoms with Gasteiger partial charge in [0.25, 0.3) is 0 Å². The van der Waals surface area contributed by atoms with Crippen LogP contribution in [-0.2, 0) is 26.1 Å². The van der Waals surface area contributed by atoms with Gasteiger partial charge in [-0.05, 0) is 0 Å². The molecule has 1 rings (SSSR count). The number of hydrogen-bond donors (Lipinski definition) is 0. The fourth-order valence-electron chi connectivity index (χ4n) is 0.618.